The largest absolute Gasteiger partial charge is 0.480 e. The van der Waals surface area contributed by atoms with Gasteiger partial charge in [0, 0.05) is 8.07 Å². The molecule has 0 aliphatic heterocycles. The lowest BCUT2D eigenvalue weighted by atomic mass is 10.5. The van der Waals surface area contributed by atoms with E-state index in [1.54, 1.807) is 0 Å². The molecule has 0 rings (SSSR count). The minimum Gasteiger partial charge on any atom is -0.480 e. The Kier molecular flexibility index (Phi) is 3.65. The Bertz CT molecular complexity index is 289. The van der Waals surface area contributed by atoms with Crippen molar-refractivity contribution in [2.45, 2.75) is 30.9 Å². The molecule has 13 heavy (non-hydrogen) atoms. The Hall–Kier alpha value is -0.403. The number of carboxylic acid groups (broad SMARTS) is 1. The number of hydrogen-bond acceptors (Lipinski definition) is 3. The molecule has 0 saturated carbocycles. The lowest BCUT2D eigenvalue weighted by Crippen LogP contribution is -2.37. The predicted octanol–water partition coefficient (Wildman–Crippen LogP) is 0.666. The third-order valence-corrected chi connectivity index (χ3v) is 4.45. The lowest BCUT2D eigenvalue weighted by molar-refractivity contribution is -0.136. The Labute approximate surface area is 78.5 Å². The van der Waals surface area contributed by atoms with E-state index in [4.69, 9.17) is 9.66 Å². The molecular weight excluding hydrogens is 212 g/mol. The van der Waals surface area contributed by atoms with Crippen LogP contribution < -0.4 is 0 Å². The van der Waals surface area contributed by atoms with Crippen molar-refractivity contribution in [2.75, 3.05) is 0 Å². The lowest BCUT2D eigenvalue weighted by Gasteiger charge is -2.19. The SMILES string of the molecule is C[Si](C)(C)CC(C(=O)O)S(=O)(=O)O. The van der Waals surface area contributed by atoms with Crippen molar-refractivity contribution >= 4 is 24.2 Å². The Balaban J connectivity index is 4.78. The van der Waals surface area contributed by atoms with Gasteiger partial charge in [-0.1, -0.05) is 19.6 Å². The van der Waals surface area contributed by atoms with E-state index in [-0.39, 0.29) is 6.04 Å². The van der Waals surface area contributed by atoms with Crippen LogP contribution in [-0.2, 0) is 14.9 Å². The van der Waals surface area contributed by atoms with Crippen LogP contribution in [0, 0.1) is 0 Å². The summed E-state index contributed by atoms with van der Waals surface area (Å²) in [6.07, 6.45) is 0. The Morgan fingerprint density at radius 2 is 1.77 bits per heavy atom. The molecule has 0 bridgehead atoms. The summed E-state index contributed by atoms with van der Waals surface area (Å²) >= 11 is 0. The fourth-order valence-corrected chi connectivity index (χ4v) is 4.76. The van der Waals surface area contributed by atoms with E-state index in [1.165, 1.54) is 0 Å². The van der Waals surface area contributed by atoms with Gasteiger partial charge in [0.05, 0.1) is 0 Å². The average Bonchev–Trinajstić information content (AvgIpc) is 1.77. The van der Waals surface area contributed by atoms with Gasteiger partial charge in [-0.15, -0.1) is 0 Å². The second-order valence-corrected chi connectivity index (χ2v) is 11.2. The molecule has 1 atom stereocenters. The maximum absolute atomic E-state index is 10.6. The number of aliphatic carboxylic acids is 1. The molecule has 5 nitrogen and oxygen atoms in total. The number of rotatable bonds is 4. The van der Waals surface area contributed by atoms with Crippen molar-refractivity contribution in [1.82, 2.24) is 0 Å². The van der Waals surface area contributed by atoms with E-state index in [9.17, 15) is 13.2 Å². The molecule has 0 spiro atoms. The van der Waals surface area contributed by atoms with E-state index >= 15 is 0 Å². The highest BCUT2D eigenvalue weighted by molar-refractivity contribution is 7.87. The van der Waals surface area contributed by atoms with E-state index in [0.717, 1.165) is 0 Å². The third kappa shape index (κ3) is 5.01. The van der Waals surface area contributed by atoms with Crippen LogP contribution in [-0.4, -0.2) is 37.4 Å². The fraction of sp³-hybridized carbons (Fsp3) is 0.833. The highest BCUT2D eigenvalue weighted by atomic mass is 32.2. The van der Waals surface area contributed by atoms with Crippen molar-refractivity contribution in [3.8, 4) is 0 Å². The average molecular weight is 226 g/mol. The first-order valence-electron chi connectivity index (χ1n) is 3.73. The molecule has 0 radical (unpaired) electrons. The van der Waals surface area contributed by atoms with Crippen LogP contribution >= 0.6 is 0 Å². The van der Waals surface area contributed by atoms with Gasteiger partial charge in [0.1, 0.15) is 0 Å². The predicted molar refractivity (Wildman–Crippen MR) is 51.1 cm³/mol. The summed E-state index contributed by atoms with van der Waals surface area (Å²) < 4.78 is 29.9. The zero-order valence-electron chi connectivity index (χ0n) is 7.81. The summed E-state index contributed by atoms with van der Waals surface area (Å²) in [6.45, 7) is 5.52. The van der Waals surface area contributed by atoms with Crippen molar-refractivity contribution in [3.05, 3.63) is 0 Å². The minimum atomic E-state index is -4.46. The molecule has 1 unspecified atom stereocenters. The van der Waals surface area contributed by atoms with E-state index < -0.39 is 29.4 Å². The van der Waals surface area contributed by atoms with Gasteiger partial charge in [-0.3, -0.25) is 9.35 Å². The molecule has 0 saturated heterocycles. The number of carbonyl (C=O) groups is 1. The normalized spacial score (nSPS) is 15.4. The molecular formula is C6H14O5SSi. The second-order valence-electron chi connectivity index (χ2n) is 4.11. The van der Waals surface area contributed by atoms with E-state index in [0.29, 0.717) is 0 Å². The molecule has 78 valence electrons. The van der Waals surface area contributed by atoms with Gasteiger partial charge >= 0.3 is 5.97 Å². The molecule has 0 aliphatic carbocycles. The topological polar surface area (TPSA) is 91.7 Å². The summed E-state index contributed by atoms with van der Waals surface area (Å²) in [4.78, 5) is 10.5. The standard InChI is InChI=1S/C6H14O5SSi/c1-13(2,3)4-5(6(7)8)12(9,10)11/h5H,4H2,1-3H3,(H,7,8)(H,9,10,11). The fourth-order valence-electron chi connectivity index (χ4n) is 0.876. The van der Waals surface area contributed by atoms with E-state index in [1.807, 2.05) is 19.6 Å². The van der Waals surface area contributed by atoms with Crippen LogP contribution in [0.1, 0.15) is 0 Å². The summed E-state index contributed by atoms with van der Waals surface area (Å²) in [5.74, 6) is -1.48. The van der Waals surface area contributed by atoms with Crippen LogP contribution in [0.2, 0.25) is 25.7 Å². The molecule has 0 fully saturated rings. The molecule has 0 heterocycles. The van der Waals surface area contributed by atoms with Crippen LogP contribution in [0.15, 0.2) is 0 Å². The maximum atomic E-state index is 10.6. The smallest absolute Gasteiger partial charge is 0.324 e. The van der Waals surface area contributed by atoms with Gasteiger partial charge in [0.25, 0.3) is 10.1 Å². The number of hydrogen-bond donors (Lipinski definition) is 2. The van der Waals surface area contributed by atoms with Crippen molar-refractivity contribution in [2.24, 2.45) is 0 Å². The molecule has 0 aromatic carbocycles. The molecule has 2 N–H and O–H groups in total. The first-order chi connectivity index (χ1) is 5.54. The van der Waals surface area contributed by atoms with Gasteiger partial charge < -0.3 is 5.11 Å². The minimum absolute atomic E-state index is 0.0289. The quantitative estimate of drug-likeness (QED) is 0.543. The molecule has 7 heteroatoms. The molecule has 0 aromatic heterocycles. The number of carboxylic acids is 1. The highest BCUT2D eigenvalue weighted by Gasteiger charge is 2.35. The monoisotopic (exact) mass is 226 g/mol. The molecule has 0 aromatic rings. The highest BCUT2D eigenvalue weighted by Crippen LogP contribution is 2.16. The maximum Gasteiger partial charge on any atom is 0.324 e. The summed E-state index contributed by atoms with van der Waals surface area (Å²) in [5, 5.41) is 6.89. The Morgan fingerprint density at radius 3 is 1.85 bits per heavy atom. The van der Waals surface area contributed by atoms with Gasteiger partial charge in [-0.2, -0.15) is 8.42 Å². The molecule has 0 aliphatic rings. The molecule has 0 amide bonds. The van der Waals surface area contributed by atoms with Gasteiger partial charge in [0.2, 0.25) is 0 Å². The van der Waals surface area contributed by atoms with Crippen LogP contribution in [0.4, 0.5) is 0 Å². The van der Waals surface area contributed by atoms with Gasteiger partial charge in [0.15, 0.2) is 5.25 Å². The van der Waals surface area contributed by atoms with Crippen molar-refractivity contribution < 1.29 is 22.9 Å². The third-order valence-electron chi connectivity index (χ3n) is 1.43. The summed E-state index contributed by atoms with van der Waals surface area (Å²) in [6, 6.07) is 0.0289. The summed E-state index contributed by atoms with van der Waals surface area (Å²) in [5.41, 5.74) is 0. The van der Waals surface area contributed by atoms with Gasteiger partial charge in [-0.25, -0.2) is 0 Å². The van der Waals surface area contributed by atoms with E-state index in [2.05, 4.69) is 0 Å². The first-order valence-corrected chi connectivity index (χ1v) is 8.94. The summed E-state index contributed by atoms with van der Waals surface area (Å²) in [7, 11) is -6.28. The Morgan fingerprint density at radius 1 is 1.38 bits per heavy atom. The van der Waals surface area contributed by atoms with Gasteiger partial charge in [-0.05, 0) is 6.04 Å². The van der Waals surface area contributed by atoms with Crippen LogP contribution in [0.3, 0.4) is 0 Å². The van der Waals surface area contributed by atoms with Crippen LogP contribution in [0.5, 0.6) is 0 Å². The van der Waals surface area contributed by atoms with Crippen molar-refractivity contribution in [1.29, 1.82) is 0 Å². The second kappa shape index (κ2) is 3.77. The van der Waals surface area contributed by atoms with Crippen molar-refractivity contribution in [3.63, 3.8) is 0 Å². The van der Waals surface area contributed by atoms with Crippen LogP contribution in [0.25, 0.3) is 0 Å². The first kappa shape index (κ1) is 12.6. The zero-order chi connectivity index (χ0) is 10.9. The zero-order valence-corrected chi connectivity index (χ0v) is 9.63.